The van der Waals surface area contributed by atoms with Crippen LogP contribution in [0.2, 0.25) is 0 Å². The van der Waals surface area contributed by atoms with Crippen molar-refractivity contribution in [3.8, 4) is 5.75 Å². The van der Waals surface area contributed by atoms with Gasteiger partial charge in [-0.25, -0.2) is 9.18 Å². The van der Waals surface area contributed by atoms with Crippen molar-refractivity contribution in [3.05, 3.63) is 65.5 Å². The Bertz CT molecular complexity index is 738. The fourth-order valence-electron chi connectivity index (χ4n) is 1.69. The number of hydrogen-bond acceptors (Lipinski definition) is 3. The van der Waals surface area contributed by atoms with Crippen LogP contribution in [0.1, 0.15) is 15.9 Å². The van der Waals surface area contributed by atoms with Crippen molar-refractivity contribution < 1.29 is 24.2 Å². The lowest BCUT2D eigenvalue weighted by Gasteiger charge is -2.05. The van der Waals surface area contributed by atoms with Crippen LogP contribution in [0.5, 0.6) is 5.75 Å². The number of carboxylic acids is 1. The number of halogens is 1. The van der Waals surface area contributed by atoms with Crippen molar-refractivity contribution in [2.45, 2.75) is 0 Å². The zero-order chi connectivity index (χ0) is 16.1. The normalized spacial score (nSPS) is 10.6. The van der Waals surface area contributed by atoms with E-state index in [4.69, 9.17) is 5.11 Å². The molecule has 0 unspecified atom stereocenters. The summed E-state index contributed by atoms with van der Waals surface area (Å²) in [5, 5.41) is 20.9. The second kappa shape index (κ2) is 6.53. The zero-order valence-electron chi connectivity index (χ0n) is 11.3. The predicted octanol–water partition coefficient (Wildman–Crippen LogP) is 2.88. The van der Waals surface area contributed by atoms with Gasteiger partial charge in [-0.05, 0) is 42.0 Å². The fourth-order valence-corrected chi connectivity index (χ4v) is 1.69. The first-order valence-corrected chi connectivity index (χ1v) is 6.26. The summed E-state index contributed by atoms with van der Waals surface area (Å²) in [5.74, 6) is -2.40. The Morgan fingerprint density at radius 2 is 1.77 bits per heavy atom. The number of carbonyl (C=O) groups excluding carboxylic acids is 1. The summed E-state index contributed by atoms with van der Waals surface area (Å²) >= 11 is 0. The highest BCUT2D eigenvalue weighted by Crippen LogP contribution is 2.24. The molecule has 5 nitrogen and oxygen atoms in total. The molecule has 0 bridgehead atoms. The minimum absolute atomic E-state index is 0.0858. The summed E-state index contributed by atoms with van der Waals surface area (Å²) in [7, 11) is 0. The van der Waals surface area contributed by atoms with E-state index in [9.17, 15) is 19.1 Å². The number of nitrogens with one attached hydrogen (secondary N) is 1. The maximum Gasteiger partial charge on any atom is 0.335 e. The van der Waals surface area contributed by atoms with Gasteiger partial charge in [0.15, 0.2) is 0 Å². The number of anilines is 1. The Morgan fingerprint density at radius 1 is 1.09 bits per heavy atom. The van der Waals surface area contributed by atoms with Crippen LogP contribution in [0.25, 0.3) is 6.08 Å². The molecule has 2 aromatic carbocycles. The van der Waals surface area contributed by atoms with E-state index >= 15 is 0 Å². The predicted molar refractivity (Wildman–Crippen MR) is 79.1 cm³/mol. The van der Waals surface area contributed by atoms with E-state index < -0.39 is 11.9 Å². The summed E-state index contributed by atoms with van der Waals surface area (Å²) in [6.07, 6.45) is 2.70. The molecule has 0 aromatic heterocycles. The largest absolute Gasteiger partial charge is 0.506 e. The van der Waals surface area contributed by atoms with E-state index in [0.717, 1.165) is 6.07 Å². The van der Waals surface area contributed by atoms with E-state index in [1.807, 2.05) is 0 Å². The molecule has 22 heavy (non-hydrogen) atoms. The molecule has 112 valence electrons. The highest BCUT2D eigenvalue weighted by atomic mass is 19.1. The molecule has 0 spiro atoms. The number of rotatable bonds is 4. The van der Waals surface area contributed by atoms with E-state index in [-0.39, 0.29) is 22.8 Å². The summed E-state index contributed by atoms with van der Waals surface area (Å²) in [6, 6.07) is 9.17. The standard InChI is InChI=1S/C16H12FNO4/c17-12-5-1-10(2-6-12)3-8-15(20)18-13-7-4-11(16(21)22)9-14(13)19/h1-9,19H,(H,18,20)(H,21,22)/b8-3+. The van der Waals surface area contributed by atoms with Crippen LogP contribution in [0.15, 0.2) is 48.5 Å². The fraction of sp³-hybridized carbons (Fsp3) is 0. The number of phenolic OH excluding ortho intramolecular Hbond substituents is 1. The van der Waals surface area contributed by atoms with Gasteiger partial charge in [0.1, 0.15) is 11.6 Å². The Labute approximate surface area is 125 Å². The summed E-state index contributed by atoms with van der Waals surface area (Å²) in [5.41, 5.74) is 0.651. The van der Waals surface area contributed by atoms with Crippen LogP contribution in [-0.4, -0.2) is 22.1 Å². The average molecular weight is 301 g/mol. The first kappa shape index (κ1) is 15.2. The number of carboxylic acid groups (broad SMARTS) is 1. The van der Waals surface area contributed by atoms with Gasteiger partial charge in [0, 0.05) is 6.08 Å². The van der Waals surface area contributed by atoms with Crippen LogP contribution in [0.3, 0.4) is 0 Å². The Kier molecular flexibility index (Phi) is 4.53. The van der Waals surface area contributed by atoms with E-state index in [1.165, 1.54) is 48.6 Å². The Hall–Kier alpha value is -3.15. The van der Waals surface area contributed by atoms with Crippen molar-refractivity contribution >= 4 is 23.6 Å². The van der Waals surface area contributed by atoms with Gasteiger partial charge in [-0.1, -0.05) is 12.1 Å². The lowest BCUT2D eigenvalue weighted by Crippen LogP contribution is -2.08. The number of amides is 1. The second-order valence-corrected chi connectivity index (χ2v) is 4.41. The lowest BCUT2D eigenvalue weighted by molar-refractivity contribution is -0.111. The molecule has 0 fully saturated rings. The molecule has 0 saturated heterocycles. The molecule has 0 radical (unpaired) electrons. The summed E-state index contributed by atoms with van der Waals surface area (Å²) in [6.45, 7) is 0. The first-order chi connectivity index (χ1) is 10.5. The molecule has 0 saturated carbocycles. The van der Waals surface area contributed by atoms with Crippen molar-refractivity contribution in [3.63, 3.8) is 0 Å². The molecule has 2 rings (SSSR count). The van der Waals surface area contributed by atoms with Gasteiger partial charge in [-0.3, -0.25) is 4.79 Å². The van der Waals surface area contributed by atoms with Gasteiger partial charge in [-0.2, -0.15) is 0 Å². The molecule has 2 aromatic rings. The SMILES string of the molecule is O=C(/C=C/c1ccc(F)cc1)Nc1ccc(C(=O)O)cc1O. The third-order valence-electron chi connectivity index (χ3n) is 2.80. The average Bonchev–Trinajstić information content (AvgIpc) is 2.48. The third kappa shape index (κ3) is 3.92. The summed E-state index contributed by atoms with van der Waals surface area (Å²) in [4.78, 5) is 22.5. The van der Waals surface area contributed by atoms with E-state index in [1.54, 1.807) is 0 Å². The van der Waals surface area contributed by atoms with Crippen molar-refractivity contribution in [2.75, 3.05) is 5.32 Å². The Balaban J connectivity index is 2.05. The summed E-state index contributed by atoms with van der Waals surface area (Å²) < 4.78 is 12.7. The van der Waals surface area contributed by atoms with Crippen molar-refractivity contribution in [1.82, 2.24) is 0 Å². The number of benzene rings is 2. The number of phenols is 1. The minimum Gasteiger partial charge on any atom is -0.506 e. The highest BCUT2D eigenvalue weighted by Gasteiger charge is 2.08. The Morgan fingerprint density at radius 3 is 2.36 bits per heavy atom. The van der Waals surface area contributed by atoms with Crippen molar-refractivity contribution in [1.29, 1.82) is 0 Å². The van der Waals surface area contributed by atoms with Crippen LogP contribution in [-0.2, 0) is 4.79 Å². The van der Waals surface area contributed by atoms with E-state index in [0.29, 0.717) is 5.56 Å². The van der Waals surface area contributed by atoms with Gasteiger partial charge in [0.25, 0.3) is 0 Å². The molecule has 0 aliphatic rings. The number of hydrogen-bond donors (Lipinski definition) is 3. The smallest absolute Gasteiger partial charge is 0.335 e. The quantitative estimate of drug-likeness (QED) is 0.598. The van der Waals surface area contributed by atoms with E-state index in [2.05, 4.69) is 5.32 Å². The third-order valence-corrected chi connectivity index (χ3v) is 2.80. The number of carbonyl (C=O) groups is 2. The molecule has 6 heteroatoms. The van der Waals surface area contributed by atoms with Crippen LogP contribution >= 0.6 is 0 Å². The van der Waals surface area contributed by atoms with Crippen LogP contribution in [0.4, 0.5) is 10.1 Å². The second-order valence-electron chi connectivity index (χ2n) is 4.41. The molecular weight excluding hydrogens is 289 g/mol. The monoisotopic (exact) mass is 301 g/mol. The van der Waals surface area contributed by atoms with Gasteiger partial charge in [0.05, 0.1) is 11.3 Å². The number of aromatic carboxylic acids is 1. The molecule has 0 aliphatic heterocycles. The molecule has 3 N–H and O–H groups in total. The minimum atomic E-state index is -1.18. The molecule has 0 aliphatic carbocycles. The highest BCUT2D eigenvalue weighted by molar-refractivity contribution is 6.03. The van der Waals surface area contributed by atoms with Crippen molar-refractivity contribution in [2.24, 2.45) is 0 Å². The van der Waals surface area contributed by atoms with Crippen LogP contribution in [0, 0.1) is 5.82 Å². The molecule has 0 heterocycles. The maximum absolute atomic E-state index is 12.7. The number of aromatic hydroxyl groups is 1. The lowest BCUT2D eigenvalue weighted by atomic mass is 10.2. The van der Waals surface area contributed by atoms with Gasteiger partial charge in [0.2, 0.25) is 5.91 Å². The molecule has 0 atom stereocenters. The van der Waals surface area contributed by atoms with Gasteiger partial charge < -0.3 is 15.5 Å². The molecule has 1 amide bonds. The zero-order valence-corrected chi connectivity index (χ0v) is 11.3. The van der Waals surface area contributed by atoms with Gasteiger partial charge in [-0.15, -0.1) is 0 Å². The van der Waals surface area contributed by atoms with Crippen LogP contribution < -0.4 is 5.32 Å². The molecular formula is C16H12FNO4. The first-order valence-electron chi connectivity index (χ1n) is 6.26. The maximum atomic E-state index is 12.7. The van der Waals surface area contributed by atoms with Gasteiger partial charge >= 0.3 is 5.97 Å². The topological polar surface area (TPSA) is 86.6 Å².